The molecule has 0 aliphatic rings. The lowest BCUT2D eigenvalue weighted by atomic mass is 9.94. The first-order valence-electron chi connectivity index (χ1n) is 9.35. The van der Waals surface area contributed by atoms with E-state index in [2.05, 4.69) is 0 Å². The van der Waals surface area contributed by atoms with Gasteiger partial charge in [-0.25, -0.2) is 9.59 Å². The van der Waals surface area contributed by atoms with Gasteiger partial charge in [0.15, 0.2) is 0 Å². The van der Waals surface area contributed by atoms with Crippen molar-refractivity contribution in [3.05, 3.63) is 89.0 Å². The molecule has 2 N–H and O–H groups in total. The predicted molar refractivity (Wildman–Crippen MR) is 113 cm³/mol. The lowest BCUT2D eigenvalue weighted by Gasteiger charge is -2.12. The van der Waals surface area contributed by atoms with Gasteiger partial charge in [0.05, 0.1) is 24.8 Å². The lowest BCUT2D eigenvalue weighted by molar-refractivity contribution is 0.0525. The highest BCUT2D eigenvalue weighted by molar-refractivity contribution is 5.93. The highest BCUT2D eigenvalue weighted by Gasteiger charge is 2.15. The molecule has 0 aliphatic carbocycles. The third-order valence-electron chi connectivity index (χ3n) is 4.68. The average Bonchev–Trinajstić information content (AvgIpc) is 2.75. The maximum absolute atomic E-state index is 12.4. The molecule has 29 heavy (non-hydrogen) atoms. The molecule has 0 atom stereocenters. The van der Waals surface area contributed by atoms with Crippen molar-refractivity contribution in [1.29, 1.82) is 0 Å². The predicted octanol–water partition coefficient (Wildman–Crippen LogP) is 4.49. The summed E-state index contributed by atoms with van der Waals surface area (Å²) in [4.78, 5) is 24.2. The van der Waals surface area contributed by atoms with Gasteiger partial charge in [-0.2, -0.15) is 0 Å². The number of nitrogen functional groups attached to an aromatic ring is 1. The van der Waals surface area contributed by atoms with Gasteiger partial charge in [-0.05, 0) is 53.4 Å². The van der Waals surface area contributed by atoms with Crippen molar-refractivity contribution in [2.24, 2.45) is 0 Å². The molecule has 0 aromatic heterocycles. The number of nitrogens with two attached hydrogens (primary N) is 1. The van der Waals surface area contributed by atoms with Gasteiger partial charge in [-0.1, -0.05) is 42.5 Å². The average molecular weight is 389 g/mol. The smallest absolute Gasteiger partial charge is 0.338 e. The summed E-state index contributed by atoms with van der Waals surface area (Å²) in [6, 6.07) is 20.3. The van der Waals surface area contributed by atoms with E-state index in [4.69, 9.17) is 15.2 Å². The van der Waals surface area contributed by atoms with E-state index in [-0.39, 0.29) is 5.97 Å². The molecule has 3 aromatic rings. The normalized spacial score (nSPS) is 10.4. The Kier molecular flexibility index (Phi) is 6.29. The minimum atomic E-state index is -0.403. The van der Waals surface area contributed by atoms with Crippen LogP contribution in [0.5, 0.6) is 0 Å². The molecular weight excluding hydrogens is 366 g/mol. The van der Waals surface area contributed by atoms with Crippen molar-refractivity contribution in [2.75, 3.05) is 19.5 Å². The molecule has 5 nitrogen and oxygen atoms in total. The van der Waals surface area contributed by atoms with Crippen LogP contribution in [0.1, 0.15) is 38.8 Å². The molecule has 0 fully saturated rings. The molecular formula is C24H23NO4. The van der Waals surface area contributed by atoms with Crippen LogP contribution in [0.3, 0.4) is 0 Å². The third kappa shape index (κ3) is 4.63. The van der Waals surface area contributed by atoms with Gasteiger partial charge >= 0.3 is 11.9 Å². The number of carbonyl (C=O) groups excluding carboxylic acids is 2. The summed E-state index contributed by atoms with van der Waals surface area (Å²) < 4.78 is 9.99. The molecule has 5 heteroatoms. The number of carbonyl (C=O) groups is 2. The summed E-state index contributed by atoms with van der Waals surface area (Å²) in [7, 11) is 1.36. The van der Waals surface area contributed by atoms with E-state index in [0.29, 0.717) is 29.8 Å². The summed E-state index contributed by atoms with van der Waals surface area (Å²) in [5, 5.41) is 0. The van der Waals surface area contributed by atoms with Crippen LogP contribution in [0.15, 0.2) is 66.7 Å². The van der Waals surface area contributed by atoms with Crippen molar-refractivity contribution in [3.63, 3.8) is 0 Å². The van der Waals surface area contributed by atoms with E-state index < -0.39 is 5.97 Å². The lowest BCUT2D eigenvalue weighted by Crippen LogP contribution is -2.07. The number of benzene rings is 3. The van der Waals surface area contributed by atoms with Crippen LogP contribution >= 0.6 is 0 Å². The quantitative estimate of drug-likeness (QED) is 0.496. The minimum absolute atomic E-state index is 0.330. The largest absolute Gasteiger partial charge is 0.465 e. The summed E-state index contributed by atoms with van der Waals surface area (Å²) in [6.45, 7) is 2.10. The van der Waals surface area contributed by atoms with Gasteiger partial charge in [0, 0.05) is 12.1 Å². The molecule has 0 bridgehead atoms. The fourth-order valence-corrected chi connectivity index (χ4v) is 3.12. The maximum atomic E-state index is 12.4. The van der Waals surface area contributed by atoms with Gasteiger partial charge < -0.3 is 15.2 Å². The number of ether oxygens (including phenoxy) is 2. The molecule has 0 unspecified atom stereocenters. The second kappa shape index (κ2) is 9.06. The van der Waals surface area contributed by atoms with Crippen LogP contribution < -0.4 is 5.73 Å². The van der Waals surface area contributed by atoms with Gasteiger partial charge in [0.25, 0.3) is 0 Å². The fourth-order valence-electron chi connectivity index (χ4n) is 3.12. The van der Waals surface area contributed by atoms with Crippen molar-refractivity contribution >= 4 is 17.6 Å². The van der Waals surface area contributed by atoms with Crippen molar-refractivity contribution in [1.82, 2.24) is 0 Å². The summed E-state index contributed by atoms with van der Waals surface area (Å²) in [6.07, 6.45) is 0.527. The number of anilines is 1. The Labute approximate surface area is 170 Å². The summed E-state index contributed by atoms with van der Waals surface area (Å²) in [5.74, 6) is -0.760. The summed E-state index contributed by atoms with van der Waals surface area (Å²) in [5.41, 5.74) is 11.2. The number of para-hydroxylation sites is 1. The number of rotatable bonds is 6. The molecule has 0 spiro atoms. The number of esters is 2. The highest BCUT2D eigenvalue weighted by Crippen LogP contribution is 2.26. The van der Waals surface area contributed by atoms with Gasteiger partial charge in [-0.3, -0.25) is 0 Å². The van der Waals surface area contributed by atoms with Crippen LogP contribution in [-0.2, 0) is 15.9 Å². The van der Waals surface area contributed by atoms with Crippen molar-refractivity contribution in [3.8, 4) is 11.1 Å². The fraction of sp³-hybridized carbons (Fsp3) is 0.167. The molecule has 148 valence electrons. The van der Waals surface area contributed by atoms with Crippen LogP contribution in [-0.4, -0.2) is 25.7 Å². The molecule has 0 amide bonds. The first-order valence-corrected chi connectivity index (χ1v) is 9.35. The topological polar surface area (TPSA) is 78.6 Å². The first-order chi connectivity index (χ1) is 14.0. The standard InChI is InChI=1S/C24H23NO4/c1-3-29-23(26)17-10-8-16(9-11-17)18-12-13-19(21(15-18)24(27)28-2)14-20-6-4-5-7-22(20)25/h4-13,15H,3,14,25H2,1-2H3. The Morgan fingerprint density at radius 3 is 2.21 bits per heavy atom. The second-order valence-corrected chi connectivity index (χ2v) is 6.54. The zero-order chi connectivity index (χ0) is 20.8. The Hall–Kier alpha value is -3.60. The molecule has 3 rings (SSSR count). The zero-order valence-corrected chi connectivity index (χ0v) is 16.5. The third-order valence-corrected chi connectivity index (χ3v) is 4.68. The van der Waals surface area contributed by atoms with E-state index in [0.717, 1.165) is 22.3 Å². The van der Waals surface area contributed by atoms with Crippen LogP contribution in [0.4, 0.5) is 5.69 Å². The molecule has 0 radical (unpaired) electrons. The Morgan fingerprint density at radius 2 is 1.55 bits per heavy atom. The van der Waals surface area contributed by atoms with Crippen molar-refractivity contribution in [2.45, 2.75) is 13.3 Å². The monoisotopic (exact) mass is 389 g/mol. The molecule has 3 aromatic carbocycles. The van der Waals surface area contributed by atoms with Gasteiger partial charge in [0.1, 0.15) is 0 Å². The van der Waals surface area contributed by atoms with E-state index in [1.54, 1.807) is 25.1 Å². The van der Waals surface area contributed by atoms with Crippen LogP contribution in [0.25, 0.3) is 11.1 Å². The molecule has 0 saturated heterocycles. The van der Waals surface area contributed by atoms with Gasteiger partial charge in [0.2, 0.25) is 0 Å². The van der Waals surface area contributed by atoms with E-state index in [9.17, 15) is 9.59 Å². The first kappa shape index (κ1) is 20.1. The summed E-state index contributed by atoms with van der Waals surface area (Å²) >= 11 is 0. The van der Waals surface area contributed by atoms with Crippen LogP contribution in [0.2, 0.25) is 0 Å². The number of methoxy groups -OCH3 is 1. The van der Waals surface area contributed by atoms with Gasteiger partial charge in [-0.15, -0.1) is 0 Å². The second-order valence-electron chi connectivity index (χ2n) is 6.54. The minimum Gasteiger partial charge on any atom is -0.465 e. The van der Waals surface area contributed by atoms with E-state index >= 15 is 0 Å². The Balaban J connectivity index is 1.94. The Morgan fingerprint density at radius 1 is 0.862 bits per heavy atom. The van der Waals surface area contributed by atoms with Crippen molar-refractivity contribution < 1.29 is 19.1 Å². The SMILES string of the molecule is CCOC(=O)c1ccc(-c2ccc(Cc3ccccc3N)c(C(=O)OC)c2)cc1. The van der Waals surface area contributed by atoms with E-state index in [1.807, 2.05) is 48.5 Å². The van der Waals surface area contributed by atoms with Crippen LogP contribution in [0, 0.1) is 0 Å². The molecule has 0 saturated carbocycles. The zero-order valence-electron chi connectivity index (χ0n) is 16.5. The Bertz CT molecular complexity index is 1030. The molecule has 0 heterocycles. The maximum Gasteiger partial charge on any atom is 0.338 e. The van der Waals surface area contributed by atoms with E-state index in [1.165, 1.54) is 7.11 Å². The highest BCUT2D eigenvalue weighted by atomic mass is 16.5. The molecule has 0 aliphatic heterocycles. The number of hydrogen-bond acceptors (Lipinski definition) is 5. The number of hydrogen-bond donors (Lipinski definition) is 1.